The van der Waals surface area contributed by atoms with E-state index in [4.69, 9.17) is 9.97 Å². The third kappa shape index (κ3) is 4.57. The van der Waals surface area contributed by atoms with Gasteiger partial charge in [-0.3, -0.25) is 4.57 Å². The number of hydrogen-bond donors (Lipinski definition) is 0. The number of para-hydroxylation sites is 3. The van der Waals surface area contributed by atoms with Gasteiger partial charge in [-0.05, 0) is 82.6 Å². The molecule has 256 valence electrons. The molecule has 0 radical (unpaired) electrons. The molecule has 0 saturated carbocycles. The average Bonchev–Trinajstić information content (AvgIpc) is 3.90. The first-order chi connectivity index (χ1) is 27.3. The van der Waals surface area contributed by atoms with Gasteiger partial charge in [-0.15, -0.1) is 11.3 Å². The molecule has 0 aliphatic carbocycles. The van der Waals surface area contributed by atoms with Crippen molar-refractivity contribution in [2.24, 2.45) is 0 Å². The summed E-state index contributed by atoms with van der Waals surface area (Å²) in [6.07, 6.45) is 0. The summed E-state index contributed by atoms with van der Waals surface area (Å²) in [5, 5.41) is 9.45. The summed E-state index contributed by atoms with van der Waals surface area (Å²) in [5.74, 6) is 0.672. The Morgan fingerprint density at radius 3 is 1.76 bits per heavy atom. The van der Waals surface area contributed by atoms with Gasteiger partial charge in [-0.2, -0.15) is 0 Å². The minimum Gasteiger partial charge on any atom is -0.309 e. The van der Waals surface area contributed by atoms with Gasteiger partial charge < -0.3 is 4.57 Å². The van der Waals surface area contributed by atoms with Crippen LogP contribution in [0.25, 0.3) is 109 Å². The molecule has 0 atom stereocenters. The third-order valence-corrected chi connectivity index (χ3v) is 12.2. The number of fused-ring (bicyclic) bond motifs is 10. The van der Waals surface area contributed by atoms with E-state index in [2.05, 4.69) is 191 Å². The molecule has 0 amide bonds. The molecule has 0 fully saturated rings. The van der Waals surface area contributed by atoms with Crippen LogP contribution >= 0.6 is 11.3 Å². The highest BCUT2D eigenvalue weighted by Crippen LogP contribution is 2.43. The number of thiophene rings is 1. The third-order valence-electron chi connectivity index (χ3n) is 11.1. The summed E-state index contributed by atoms with van der Waals surface area (Å²) in [4.78, 5) is 12.0. The van der Waals surface area contributed by atoms with E-state index >= 15 is 0 Å². The molecule has 0 N–H and O–H groups in total. The molecule has 0 saturated heterocycles. The maximum Gasteiger partial charge on any atom is 0.236 e. The van der Waals surface area contributed by atoms with E-state index < -0.39 is 0 Å². The van der Waals surface area contributed by atoms with Gasteiger partial charge in [0.25, 0.3) is 0 Å². The molecule has 8 aromatic carbocycles. The van der Waals surface area contributed by atoms with Crippen molar-refractivity contribution in [1.82, 2.24) is 19.1 Å². The fraction of sp³-hybridized carbons (Fsp3) is 0. The van der Waals surface area contributed by atoms with Crippen molar-refractivity contribution in [3.63, 3.8) is 0 Å². The predicted octanol–water partition coefficient (Wildman–Crippen LogP) is 13.5. The normalized spacial score (nSPS) is 12.0. The summed E-state index contributed by atoms with van der Waals surface area (Å²) in [5.41, 5.74) is 10.0. The van der Waals surface area contributed by atoms with Crippen molar-refractivity contribution in [2.45, 2.75) is 0 Å². The fourth-order valence-corrected chi connectivity index (χ4v) is 9.68. The first kappa shape index (κ1) is 30.4. The number of aromatic nitrogens is 4. The Hall–Kier alpha value is -7.08. The van der Waals surface area contributed by atoms with Crippen LogP contribution in [0.15, 0.2) is 182 Å². The lowest BCUT2D eigenvalue weighted by atomic mass is 10.0. The zero-order chi connectivity index (χ0) is 36.0. The smallest absolute Gasteiger partial charge is 0.236 e. The van der Waals surface area contributed by atoms with Crippen molar-refractivity contribution >= 4 is 86.0 Å². The molecule has 55 heavy (non-hydrogen) atoms. The van der Waals surface area contributed by atoms with Crippen LogP contribution in [0.5, 0.6) is 0 Å². The molecule has 0 unspecified atom stereocenters. The molecule has 12 aromatic rings. The molecule has 12 rings (SSSR count). The lowest BCUT2D eigenvalue weighted by Crippen LogP contribution is -2.02. The second kappa shape index (κ2) is 11.7. The van der Waals surface area contributed by atoms with Gasteiger partial charge in [0.1, 0.15) is 4.83 Å². The second-order valence-corrected chi connectivity index (χ2v) is 15.3. The molecule has 5 heteroatoms. The second-order valence-electron chi connectivity index (χ2n) is 14.2. The van der Waals surface area contributed by atoms with Crippen molar-refractivity contribution in [3.8, 4) is 34.0 Å². The summed E-state index contributed by atoms with van der Waals surface area (Å²) in [6.45, 7) is 0. The zero-order valence-corrected chi connectivity index (χ0v) is 30.3. The Kier molecular flexibility index (Phi) is 6.47. The minimum atomic E-state index is 0.672. The van der Waals surface area contributed by atoms with E-state index in [1.165, 1.54) is 59.0 Å². The van der Waals surface area contributed by atoms with E-state index in [-0.39, 0.29) is 0 Å². The summed E-state index contributed by atoms with van der Waals surface area (Å²) < 4.78 is 5.82. The quantitative estimate of drug-likeness (QED) is 0.182. The molecule has 0 aliphatic rings. The van der Waals surface area contributed by atoms with Gasteiger partial charge in [0.2, 0.25) is 5.95 Å². The van der Waals surface area contributed by atoms with Gasteiger partial charge in [-0.1, -0.05) is 121 Å². The van der Waals surface area contributed by atoms with Crippen molar-refractivity contribution in [2.75, 3.05) is 0 Å². The average molecular weight is 719 g/mol. The van der Waals surface area contributed by atoms with Gasteiger partial charge in [-0.25, -0.2) is 9.97 Å². The van der Waals surface area contributed by atoms with Crippen LogP contribution in [-0.2, 0) is 0 Å². The van der Waals surface area contributed by atoms with Crippen LogP contribution in [0.3, 0.4) is 0 Å². The maximum atomic E-state index is 5.62. The maximum absolute atomic E-state index is 5.62. The molecule has 0 spiro atoms. The van der Waals surface area contributed by atoms with Crippen LogP contribution in [0.4, 0.5) is 0 Å². The Morgan fingerprint density at radius 1 is 0.382 bits per heavy atom. The van der Waals surface area contributed by atoms with Gasteiger partial charge in [0, 0.05) is 48.3 Å². The van der Waals surface area contributed by atoms with Crippen LogP contribution in [0, 0.1) is 0 Å². The van der Waals surface area contributed by atoms with Crippen molar-refractivity contribution in [3.05, 3.63) is 182 Å². The van der Waals surface area contributed by atoms with E-state index in [0.29, 0.717) is 5.95 Å². The zero-order valence-electron chi connectivity index (χ0n) is 29.5. The highest BCUT2D eigenvalue weighted by Gasteiger charge is 2.22. The molecule has 4 heterocycles. The Balaban J connectivity index is 1.18. The van der Waals surface area contributed by atoms with Crippen molar-refractivity contribution < 1.29 is 0 Å². The topological polar surface area (TPSA) is 35.6 Å². The van der Waals surface area contributed by atoms with Crippen LogP contribution in [-0.4, -0.2) is 19.1 Å². The van der Waals surface area contributed by atoms with E-state index in [1.54, 1.807) is 11.3 Å². The van der Waals surface area contributed by atoms with E-state index in [9.17, 15) is 0 Å². The predicted molar refractivity (Wildman–Crippen MR) is 232 cm³/mol. The van der Waals surface area contributed by atoms with Crippen LogP contribution in [0.1, 0.15) is 0 Å². The lowest BCUT2D eigenvalue weighted by molar-refractivity contribution is 1.02. The molecular formula is C50H30N4S. The highest BCUT2D eigenvalue weighted by molar-refractivity contribution is 7.25. The van der Waals surface area contributed by atoms with Crippen LogP contribution < -0.4 is 0 Å². The Bertz CT molecular complexity index is 3480. The fourth-order valence-electron chi connectivity index (χ4n) is 8.63. The first-order valence-electron chi connectivity index (χ1n) is 18.6. The monoisotopic (exact) mass is 718 g/mol. The van der Waals surface area contributed by atoms with E-state index in [0.717, 1.165) is 43.7 Å². The number of benzene rings is 8. The molecule has 0 bridgehead atoms. The first-order valence-corrected chi connectivity index (χ1v) is 19.4. The highest BCUT2D eigenvalue weighted by atomic mass is 32.1. The summed E-state index contributed by atoms with van der Waals surface area (Å²) >= 11 is 1.74. The van der Waals surface area contributed by atoms with Crippen molar-refractivity contribution in [1.29, 1.82) is 0 Å². The Labute approximate surface area is 319 Å². The molecule has 4 nitrogen and oxygen atoms in total. The van der Waals surface area contributed by atoms with Gasteiger partial charge in [0.05, 0.1) is 27.8 Å². The summed E-state index contributed by atoms with van der Waals surface area (Å²) in [7, 11) is 0. The van der Waals surface area contributed by atoms with Gasteiger partial charge in [0.15, 0.2) is 0 Å². The molecular weight excluding hydrogens is 689 g/mol. The SMILES string of the molecule is c1ccc(-c2ccc3sc4nc(-n5c6ccccc6c6cc7ccccc7cc65)nc(-c5ccc6c(c5)c5ccccc5n6-c5ccccc5)c4c3c2)cc1. The Morgan fingerprint density at radius 2 is 0.982 bits per heavy atom. The lowest BCUT2D eigenvalue weighted by Gasteiger charge is -2.12. The number of hydrogen-bond acceptors (Lipinski definition) is 3. The summed E-state index contributed by atoms with van der Waals surface area (Å²) in [6, 6.07) is 65.4. The standard InChI is InChI=1S/C50H30N4S/c1-3-13-31(14-4-1)34-24-26-46-41(28-34)47-48(35-23-25-44-39(29-35)37-19-9-11-21-42(37)53(44)36-17-5-2-6-18-36)51-50(52-49(47)55-46)54-43-22-12-10-20-38(43)40-27-32-15-7-8-16-33(32)30-45(40)54/h1-30H. The number of nitrogens with zero attached hydrogens (tertiary/aromatic N) is 4. The molecule has 4 aromatic heterocycles. The largest absolute Gasteiger partial charge is 0.309 e. The number of rotatable bonds is 4. The van der Waals surface area contributed by atoms with E-state index in [1.807, 2.05) is 0 Å². The van der Waals surface area contributed by atoms with Crippen LogP contribution in [0.2, 0.25) is 0 Å². The van der Waals surface area contributed by atoms with Gasteiger partial charge >= 0.3 is 0 Å². The minimum absolute atomic E-state index is 0.672. The molecule has 0 aliphatic heterocycles.